The molecule has 2 nitrogen and oxygen atoms in total. The number of H-pyrrole nitrogens is 1. The summed E-state index contributed by atoms with van der Waals surface area (Å²) in [5.41, 5.74) is 2.13. The summed E-state index contributed by atoms with van der Waals surface area (Å²) in [6.07, 6.45) is 1.95. The van der Waals surface area contributed by atoms with Crippen LogP contribution in [-0.2, 0) is 0 Å². The average molecular weight is 245 g/mol. The highest BCUT2D eigenvalue weighted by molar-refractivity contribution is 6.23. The molecule has 0 saturated heterocycles. The summed E-state index contributed by atoms with van der Waals surface area (Å²) in [5.74, 6) is 0. The largest absolute Gasteiger partial charge is 0.361 e. The van der Waals surface area contributed by atoms with E-state index < -0.39 is 0 Å². The number of anilines is 1. The number of benzene rings is 2. The molecule has 0 aliphatic rings. The summed E-state index contributed by atoms with van der Waals surface area (Å²) in [6, 6.07) is 19.9. The standard InChI is InChI=1S/C8H7N.C6H6ClN/c1-2-4-8-7(3-1)5-6-9-8;7-8-6-4-2-1-3-5-6/h1-6,9H;1-5,8H. The fraction of sp³-hybridized carbons (Fsp3) is 0. The molecule has 0 aliphatic carbocycles. The monoisotopic (exact) mass is 244 g/mol. The predicted molar refractivity (Wildman–Crippen MR) is 74.2 cm³/mol. The number of nitrogens with one attached hydrogen (secondary N) is 2. The van der Waals surface area contributed by atoms with Gasteiger partial charge in [-0.05, 0) is 29.7 Å². The van der Waals surface area contributed by atoms with Gasteiger partial charge >= 0.3 is 0 Å². The van der Waals surface area contributed by atoms with Crippen molar-refractivity contribution < 1.29 is 0 Å². The highest BCUT2D eigenvalue weighted by Gasteiger charge is 1.86. The summed E-state index contributed by atoms with van der Waals surface area (Å²) >= 11 is 5.28. The highest BCUT2D eigenvalue weighted by Crippen LogP contribution is 2.09. The second-order valence-electron chi connectivity index (χ2n) is 3.53. The van der Waals surface area contributed by atoms with Gasteiger partial charge in [0.15, 0.2) is 0 Å². The topological polar surface area (TPSA) is 27.8 Å². The van der Waals surface area contributed by atoms with Gasteiger partial charge in [0.2, 0.25) is 0 Å². The number of aromatic amines is 1. The van der Waals surface area contributed by atoms with Crippen LogP contribution in [0.25, 0.3) is 10.9 Å². The van der Waals surface area contributed by atoms with Gasteiger partial charge in [-0.15, -0.1) is 0 Å². The molecule has 3 aromatic rings. The lowest BCUT2D eigenvalue weighted by atomic mass is 10.3. The molecule has 0 fully saturated rings. The number of aromatic nitrogens is 1. The van der Waals surface area contributed by atoms with Crippen LogP contribution in [0.2, 0.25) is 0 Å². The zero-order valence-electron chi connectivity index (χ0n) is 9.23. The quantitative estimate of drug-likeness (QED) is 0.610. The van der Waals surface area contributed by atoms with Gasteiger partial charge < -0.3 is 4.98 Å². The lowest BCUT2D eigenvalue weighted by molar-refractivity contribution is 1.48. The third-order valence-corrected chi connectivity index (χ3v) is 2.56. The zero-order valence-corrected chi connectivity index (χ0v) is 9.98. The molecule has 0 saturated carbocycles. The SMILES string of the molecule is ClNc1ccccc1.c1ccc2[nH]ccc2c1. The number of halogens is 1. The average Bonchev–Trinajstić information content (AvgIpc) is 2.89. The number of fused-ring (bicyclic) bond motifs is 1. The Labute approximate surface area is 105 Å². The Morgan fingerprint density at radius 2 is 1.53 bits per heavy atom. The maximum absolute atomic E-state index is 5.28. The van der Waals surface area contributed by atoms with Gasteiger partial charge in [-0.25, -0.2) is 0 Å². The van der Waals surface area contributed by atoms with E-state index in [0.29, 0.717) is 0 Å². The molecule has 3 rings (SSSR count). The van der Waals surface area contributed by atoms with Crippen molar-refractivity contribution in [2.45, 2.75) is 0 Å². The second kappa shape index (κ2) is 5.97. The van der Waals surface area contributed by atoms with Crippen molar-refractivity contribution in [1.29, 1.82) is 0 Å². The van der Waals surface area contributed by atoms with Crippen molar-refractivity contribution >= 4 is 28.4 Å². The summed E-state index contributed by atoms with van der Waals surface area (Å²) in [6.45, 7) is 0. The van der Waals surface area contributed by atoms with E-state index in [9.17, 15) is 0 Å². The van der Waals surface area contributed by atoms with Crippen LogP contribution in [0.5, 0.6) is 0 Å². The van der Waals surface area contributed by atoms with Gasteiger partial charge in [0.1, 0.15) is 0 Å². The Hall–Kier alpha value is -1.93. The smallest absolute Gasteiger partial charge is 0.0491 e. The molecule has 86 valence electrons. The van der Waals surface area contributed by atoms with E-state index >= 15 is 0 Å². The fourth-order valence-electron chi connectivity index (χ4n) is 1.50. The Kier molecular flexibility index (Phi) is 4.05. The maximum atomic E-state index is 5.28. The van der Waals surface area contributed by atoms with Crippen molar-refractivity contribution in [2.24, 2.45) is 0 Å². The van der Waals surface area contributed by atoms with E-state index in [0.717, 1.165) is 5.69 Å². The Balaban J connectivity index is 0.000000128. The molecule has 0 bridgehead atoms. The Bertz CT molecular complexity index is 530. The van der Waals surface area contributed by atoms with E-state index in [1.807, 2.05) is 48.7 Å². The van der Waals surface area contributed by atoms with E-state index in [4.69, 9.17) is 11.8 Å². The molecule has 1 aromatic heterocycles. The van der Waals surface area contributed by atoms with Crippen LogP contribution < -0.4 is 4.84 Å². The molecule has 17 heavy (non-hydrogen) atoms. The van der Waals surface area contributed by atoms with Crippen LogP contribution in [0, 0.1) is 0 Å². The van der Waals surface area contributed by atoms with Gasteiger partial charge in [-0.1, -0.05) is 36.4 Å². The third-order valence-electron chi connectivity index (χ3n) is 2.35. The molecular formula is C14H13ClN2. The molecular weight excluding hydrogens is 232 g/mol. The first-order valence-corrected chi connectivity index (χ1v) is 5.72. The third kappa shape index (κ3) is 3.26. The molecule has 0 atom stereocenters. The molecule has 1 heterocycles. The molecule has 0 amide bonds. The van der Waals surface area contributed by atoms with Gasteiger partial charge in [0.05, 0.1) is 0 Å². The minimum atomic E-state index is 0.925. The molecule has 2 aromatic carbocycles. The summed E-state index contributed by atoms with van der Waals surface area (Å²) in [4.78, 5) is 5.62. The highest BCUT2D eigenvalue weighted by atomic mass is 35.5. The van der Waals surface area contributed by atoms with Crippen molar-refractivity contribution in [2.75, 3.05) is 4.84 Å². The molecule has 0 radical (unpaired) electrons. The van der Waals surface area contributed by atoms with Crippen LogP contribution in [0.15, 0.2) is 66.9 Å². The Morgan fingerprint density at radius 3 is 2.18 bits per heavy atom. The minimum absolute atomic E-state index is 0.925. The van der Waals surface area contributed by atoms with Crippen LogP contribution in [-0.4, -0.2) is 4.98 Å². The van der Waals surface area contributed by atoms with Gasteiger partial charge in [-0.2, -0.15) is 0 Å². The summed E-state index contributed by atoms with van der Waals surface area (Å²) in [7, 11) is 0. The number of para-hydroxylation sites is 2. The fourth-order valence-corrected chi connectivity index (χ4v) is 1.62. The molecule has 0 spiro atoms. The van der Waals surface area contributed by atoms with Crippen molar-refractivity contribution in [3.8, 4) is 0 Å². The van der Waals surface area contributed by atoms with Crippen LogP contribution in [0.4, 0.5) is 5.69 Å². The zero-order chi connectivity index (χ0) is 11.9. The van der Waals surface area contributed by atoms with Gasteiger partial charge in [0, 0.05) is 29.2 Å². The summed E-state index contributed by atoms with van der Waals surface area (Å²) in [5, 5.41) is 1.28. The molecule has 2 N–H and O–H groups in total. The second-order valence-corrected chi connectivity index (χ2v) is 3.71. The van der Waals surface area contributed by atoms with Crippen LogP contribution in [0.3, 0.4) is 0 Å². The van der Waals surface area contributed by atoms with Crippen molar-refractivity contribution in [1.82, 2.24) is 4.98 Å². The van der Waals surface area contributed by atoms with Crippen molar-refractivity contribution in [3.63, 3.8) is 0 Å². The molecule has 3 heteroatoms. The molecule has 0 aliphatic heterocycles. The number of hydrogen-bond donors (Lipinski definition) is 2. The first-order valence-electron chi connectivity index (χ1n) is 5.34. The number of rotatable bonds is 1. The Morgan fingerprint density at radius 1 is 0.824 bits per heavy atom. The normalized spacial score (nSPS) is 9.47. The van der Waals surface area contributed by atoms with Crippen LogP contribution in [0.1, 0.15) is 0 Å². The molecule has 0 unspecified atom stereocenters. The van der Waals surface area contributed by atoms with Gasteiger partial charge in [-0.3, -0.25) is 4.84 Å². The van der Waals surface area contributed by atoms with E-state index in [1.54, 1.807) is 0 Å². The van der Waals surface area contributed by atoms with Gasteiger partial charge in [0.25, 0.3) is 0 Å². The summed E-state index contributed by atoms with van der Waals surface area (Å²) < 4.78 is 0. The minimum Gasteiger partial charge on any atom is -0.361 e. The van der Waals surface area contributed by atoms with E-state index in [-0.39, 0.29) is 0 Å². The lowest BCUT2D eigenvalue weighted by Gasteiger charge is -1.91. The first kappa shape index (κ1) is 11.6. The van der Waals surface area contributed by atoms with Crippen molar-refractivity contribution in [3.05, 3.63) is 66.9 Å². The van der Waals surface area contributed by atoms with E-state index in [1.165, 1.54) is 10.9 Å². The lowest BCUT2D eigenvalue weighted by Crippen LogP contribution is -1.75. The van der Waals surface area contributed by atoms with Crippen LogP contribution >= 0.6 is 11.8 Å². The first-order chi connectivity index (χ1) is 8.40. The predicted octanol–water partition coefficient (Wildman–Crippen LogP) is 4.42. The van der Waals surface area contributed by atoms with E-state index in [2.05, 4.69) is 28.0 Å². The number of hydrogen-bond acceptors (Lipinski definition) is 1. The maximum Gasteiger partial charge on any atom is 0.0491 e.